The fraction of sp³-hybridized carbons (Fsp3) is 0.286. The van der Waals surface area contributed by atoms with E-state index in [9.17, 15) is 9.59 Å². The third kappa shape index (κ3) is 4.72. The van der Waals surface area contributed by atoms with Crippen molar-refractivity contribution < 1.29 is 19.1 Å². The van der Waals surface area contributed by atoms with Crippen molar-refractivity contribution in [1.82, 2.24) is 14.7 Å². The second-order valence-corrected chi connectivity index (χ2v) is 6.23. The van der Waals surface area contributed by atoms with E-state index >= 15 is 0 Å². The van der Waals surface area contributed by atoms with Crippen LogP contribution in [0.2, 0.25) is 0 Å². The number of rotatable bonds is 9. The average molecular weight is 396 g/mol. The monoisotopic (exact) mass is 396 g/mol. The van der Waals surface area contributed by atoms with E-state index in [2.05, 4.69) is 15.6 Å². The molecule has 2 N–H and O–H groups in total. The van der Waals surface area contributed by atoms with Crippen molar-refractivity contribution in [3.8, 4) is 5.75 Å². The molecule has 0 atom stereocenters. The SMILES string of the molecule is CCOc1ccccc1NC(=O)c1nc(C(=O)NCCCOC)n2ccccc12. The van der Waals surface area contributed by atoms with Gasteiger partial charge < -0.3 is 20.1 Å². The number of benzene rings is 1. The molecule has 0 saturated carbocycles. The van der Waals surface area contributed by atoms with E-state index in [0.717, 1.165) is 0 Å². The number of amides is 2. The molecule has 3 rings (SSSR count). The van der Waals surface area contributed by atoms with E-state index in [1.807, 2.05) is 19.1 Å². The Morgan fingerprint density at radius 1 is 1.10 bits per heavy atom. The minimum Gasteiger partial charge on any atom is -0.492 e. The van der Waals surface area contributed by atoms with Crippen molar-refractivity contribution in [1.29, 1.82) is 0 Å². The summed E-state index contributed by atoms with van der Waals surface area (Å²) in [5, 5.41) is 5.63. The highest BCUT2D eigenvalue weighted by molar-refractivity contribution is 6.09. The summed E-state index contributed by atoms with van der Waals surface area (Å²) in [6, 6.07) is 12.5. The van der Waals surface area contributed by atoms with Crippen molar-refractivity contribution in [3.63, 3.8) is 0 Å². The van der Waals surface area contributed by atoms with Crippen LogP contribution in [0.5, 0.6) is 5.75 Å². The van der Waals surface area contributed by atoms with Crippen LogP contribution in [-0.4, -0.2) is 48.1 Å². The molecule has 0 aliphatic heterocycles. The van der Waals surface area contributed by atoms with Crippen LogP contribution in [0.1, 0.15) is 34.5 Å². The second kappa shape index (κ2) is 9.70. The zero-order valence-electron chi connectivity index (χ0n) is 16.5. The Bertz CT molecular complexity index is 999. The quantitative estimate of drug-likeness (QED) is 0.543. The molecular formula is C21H24N4O4. The van der Waals surface area contributed by atoms with Gasteiger partial charge in [-0.25, -0.2) is 4.98 Å². The van der Waals surface area contributed by atoms with Crippen LogP contribution in [0, 0.1) is 0 Å². The molecular weight excluding hydrogens is 372 g/mol. The van der Waals surface area contributed by atoms with Crippen molar-refractivity contribution in [2.45, 2.75) is 13.3 Å². The molecule has 0 unspecified atom stereocenters. The number of aromatic nitrogens is 2. The van der Waals surface area contributed by atoms with Crippen LogP contribution in [0.3, 0.4) is 0 Å². The molecule has 0 saturated heterocycles. The molecule has 0 radical (unpaired) electrons. The maximum atomic E-state index is 12.9. The number of carbonyl (C=O) groups is 2. The van der Waals surface area contributed by atoms with Gasteiger partial charge in [0.25, 0.3) is 11.8 Å². The number of hydrogen-bond donors (Lipinski definition) is 2. The highest BCUT2D eigenvalue weighted by atomic mass is 16.5. The molecule has 8 nitrogen and oxygen atoms in total. The number of carbonyl (C=O) groups excluding carboxylic acids is 2. The van der Waals surface area contributed by atoms with E-state index < -0.39 is 5.91 Å². The molecule has 29 heavy (non-hydrogen) atoms. The Balaban J connectivity index is 1.86. The first-order valence-corrected chi connectivity index (χ1v) is 9.43. The lowest BCUT2D eigenvalue weighted by molar-refractivity contribution is 0.0937. The van der Waals surface area contributed by atoms with Gasteiger partial charge in [0.15, 0.2) is 5.69 Å². The summed E-state index contributed by atoms with van der Waals surface area (Å²) < 4.78 is 12.1. The summed E-state index contributed by atoms with van der Waals surface area (Å²) in [4.78, 5) is 29.8. The predicted octanol–water partition coefficient (Wildman–Crippen LogP) is 2.75. The van der Waals surface area contributed by atoms with Gasteiger partial charge in [-0.2, -0.15) is 0 Å². The second-order valence-electron chi connectivity index (χ2n) is 6.23. The van der Waals surface area contributed by atoms with E-state index in [4.69, 9.17) is 9.47 Å². The highest BCUT2D eigenvalue weighted by Crippen LogP contribution is 2.25. The molecule has 2 heterocycles. The van der Waals surface area contributed by atoms with Gasteiger partial charge >= 0.3 is 0 Å². The number of nitrogens with one attached hydrogen (secondary N) is 2. The van der Waals surface area contributed by atoms with E-state index in [0.29, 0.717) is 43.1 Å². The number of hydrogen-bond acceptors (Lipinski definition) is 5. The third-order valence-corrected chi connectivity index (χ3v) is 4.21. The van der Waals surface area contributed by atoms with Crippen molar-refractivity contribution in [3.05, 3.63) is 60.2 Å². The van der Waals surface area contributed by atoms with Gasteiger partial charge in [0.1, 0.15) is 5.75 Å². The molecule has 2 aromatic heterocycles. The van der Waals surface area contributed by atoms with Crippen LogP contribution in [-0.2, 0) is 4.74 Å². The van der Waals surface area contributed by atoms with Gasteiger partial charge in [-0.3, -0.25) is 14.0 Å². The lowest BCUT2D eigenvalue weighted by Gasteiger charge is -2.10. The normalized spacial score (nSPS) is 10.7. The summed E-state index contributed by atoms with van der Waals surface area (Å²) in [7, 11) is 1.61. The van der Waals surface area contributed by atoms with Crippen LogP contribution < -0.4 is 15.4 Å². The fourth-order valence-electron chi connectivity index (χ4n) is 2.90. The van der Waals surface area contributed by atoms with Gasteiger partial charge in [-0.1, -0.05) is 18.2 Å². The molecule has 0 spiro atoms. The van der Waals surface area contributed by atoms with E-state index in [1.165, 1.54) is 0 Å². The van der Waals surface area contributed by atoms with Crippen LogP contribution in [0.25, 0.3) is 5.52 Å². The van der Waals surface area contributed by atoms with E-state index in [-0.39, 0.29) is 17.4 Å². The lowest BCUT2D eigenvalue weighted by atomic mass is 10.2. The predicted molar refractivity (Wildman–Crippen MR) is 110 cm³/mol. The Hall–Kier alpha value is -3.39. The topological polar surface area (TPSA) is 94.0 Å². The van der Waals surface area contributed by atoms with Gasteiger partial charge in [0.2, 0.25) is 5.82 Å². The standard InChI is InChI=1S/C21H24N4O4/c1-3-29-17-11-5-4-9-15(17)23-20(26)18-16-10-6-7-13-25(16)19(24-18)21(27)22-12-8-14-28-2/h4-7,9-11,13H,3,8,12,14H2,1-2H3,(H,22,27)(H,23,26). The van der Waals surface area contributed by atoms with Crippen molar-refractivity contribution in [2.75, 3.05) is 32.2 Å². The fourth-order valence-corrected chi connectivity index (χ4v) is 2.90. The molecule has 3 aromatic rings. The van der Waals surface area contributed by atoms with Crippen molar-refractivity contribution in [2.24, 2.45) is 0 Å². The number of ether oxygens (including phenoxy) is 2. The van der Waals surface area contributed by atoms with E-state index in [1.54, 1.807) is 48.0 Å². The molecule has 1 aromatic carbocycles. The highest BCUT2D eigenvalue weighted by Gasteiger charge is 2.22. The van der Waals surface area contributed by atoms with Crippen LogP contribution in [0.4, 0.5) is 5.69 Å². The Labute approximate surface area is 168 Å². The molecule has 152 valence electrons. The largest absolute Gasteiger partial charge is 0.492 e. The number of anilines is 1. The first kappa shape index (κ1) is 20.3. The summed E-state index contributed by atoms with van der Waals surface area (Å²) in [6.45, 7) is 3.36. The Kier molecular flexibility index (Phi) is 6.80. The van der Waals surface area contributed by atoms with Gasteiger partial charge in [-0.15, -0.1) is 0 Å². The van der Waals surface area contributed by atoms with Gasteiger partial charge in [-0.05, 0) is 37.6 Å². The van der Waals surface area contributed by atoms with Crippen molar-refractivity contribution >= 4 is 23.0 Å². The molecule has 0 bridgehead atoms. The maximum Gasteiger partial charge on any atom is 0.287 e. The number of para-hydroxylation sites is 2. The van der Waals surface area contributed by atoms with Crippen LogP contribution >= 0.6 is 0 Å². The Morgan fingerprint density at radius 3 is 2.69 bits per heavy atom. The minimum absolute atomic E-state index is 0.154. The first-order valence-electron chi connectivity index (χ1n) is 9.43. The van der Waals surface area contributed by atoms with Gasteiger partial charge in [0.05, 0.1) is 17.8 Å². The number of imidazole rings is 1. The summed E-state index contributed by atoms with van der Waals surface area (Å²) >= 11 is 0. The first-order chi connectivity index (χ1) is 14.2. The minimum atomic E-state index is -0.417. The molecule has 0 fully saturated rings. The average Bonchev–Trinajstić information content (AvgIpc) is 3.13. The number of pyridine rings is 1. The smallest absolute Gasteiger partial charge is 0.287 e. The summed E-state index contributed by atoms with van der Waals surface area (Å²) in [5.74, 6) is -0.0420. The lowest BCUT2D eigenvalue weighted by Crippen LogP contribution is -2.27. The Morgan fingerprint density at radius 2 is 1.90 bits per heavy atom. The molecule has 2 amide bonds. The zero-order valence-corrected chi connectivity index (χ0v) is 16.5. The summed E-state index contributed by atoms with van der Waals surface area (Å²) in [6.07, 6.45) is 2.39. The third-order valence-electron chi connectivity index (χ3n) is 4.21. The van der Waals surface area contributed by atoms with Gasteiger partial charge in [0, 0.05) is 26.5 Å². The molecule has 0 aliphatic rings. The maximum absolute atomic E-state index is 12.9. The number of fused-ring (bicyclic) bond motifs is 1. The molecule has 0 aliphatic carbocycles. The zero-order chi connectivity index (χ0) is 20.6. The number of nitrogens with zero attached hydrogens (tertiary/aromatic N) is 2. The van der Waals surface area contributed by atoms with Crippen LogP contribution in [0.15, 0.2) is 48.7 Å². The molecule has 8 heteroatoms. The summed E-state index contributed by atoms with van der Waals surface area (Å²) in [5.41, 5.74) is 1.25. The number of methoxy groups -OCH3 is 1.